The van der Waals surface area contributed by atoms with Crippen LogP contribution in [0.2, 0.25) is 5.02 Å². The summed E-state index contributed by atoms with van der Waals surface area (Å²) in [6, 6.07) is 13.9. The standard InChI is InChI=1S/C31H34BrClN2O2S/c1-2-20-12-14-25-28(16-20)38-31(29(25)30(36)35-24-9-4-3-5-10-24)34-18-22-17-23(32)13-15-27(22)37-19-21-8-6-7-11-26(21)33/h6-8,11,13,15,17-18,20,24H,2-5,9-10,12,14,16,19H2,1H3,(H,35,36). The van der Waals surface area contributed by atoms with Crippen LogP contribution < -0.4 is 10.1 Å². The number of hydrogen-bond donors (Lipinski definition) is 1. The number of nitrogens with one attached hydrogen (secondary N) is 1. The molecule has 0 bridgehead atoms. The topological polar surface area (TPSA) is 50.7 Å². The van der Waals surface area contributed by atoms with Crippen molar-refractivity contribution in [3.8, 4) is 5.75 Å². The van der Waals surface area contributed by atoms with Gasteiger partial charge in [-0.25, -0.2) is 4.99 Å². The van der Waals surface area contributed by atoms with Crippen molar-refractivity contribution < 1.29 is 9.53 Å². The fourth-order valence-corrected chi connectivity index (χ4v) is 7.34. The van der Waals surface area contributed by atoms with Gasteiger partial charge in [0.05, 0.1) is 5.56 Å². The Bertz CT molecular complexity index is 1320. The molecule has 2 aliphatic carbocycles. The van der Waals surface area contributed by atoms with Gasteiger partial charge in [-0.05, 0) is 67.9 Å². The van der Waals surface area contributed by atoms with E-state index >= 15 is 0 Å². The summed E-state index contributed by atoms with van der Waals surface area (Å²) in [6.45, 7) is 2.62. The van der Waals surface area contributed by atoms with Crippen LogP contribution in [0.15, 0.2) is 51.9 Å². The van der Waals surface area contributed by atoms with Crippen molar-refractivity contribution in [3.05, 3.63) is 79.1 Å². The highest BCUT2D eigenvalue weighted by molar-refractivity contribution is 9.10. The Morgan fingerprint density at radius 2 is 2.00 bits per heavy atom. The van der Waals surface area contributed by atoms with Gasteiger partial charge < -0.3 is 10.1 Å². The van der Waals surface area contributed by atoms with Crippen LogP contribution in [0.5, 0.6) is 5.75 Å². The van der Waals surface area contributed by atoms with Gasteiger partial charge in [0, 0.05) is 37.8 Å². The van der Waals surface area contributed by atoms with E-state index in [1.165, 1.54) is 36.1 Å². The number of thiophene rings is 1. The molecule has 1 saturated carbocycles. The van der Waals surface area contributed by atoms with E-state index < -0.39 is 0 Å². The monoisotopic (exact) mass is 612 g/mol. The quantitative estimate of drug-likeness (QED) is 0.258. The molecule has 1 N–H and O–H groups in total. The number of hydrogen-bond acceptors (Lipinski definition) is 4. The Morgan fingerprint density at radius 1 is 1.18 bits per heavy atom. The molecule has 0 radical (unpaired) electrons. The fraction of sp³-hybridized carbons (Fsp3) is 0.419. The smallest absolute Gasteiger partial charge is 0.254 e. The van der Waals surface area contributed by atoms with Crippen molar-refractivity contribution in [1.29, 1.82) is 0 Å². The molecule has 2 aliphatic rings. The first-order chi connectivity index (χ1) is 18.5. The maximum atomic E-state index is 13.6. The lowest BCUT2D eigenvalue weighted by molar-refractivity contribution is 0.0927. The van der Waals surface area contributed by atoms with Gasteiger partial charge in [0.2, 0.25) is 0 Å². The van der Waals surface area contributed by atoms with Gasteiger partial charge >= 0.3 is 0 Å². The first-order valence-corrected chi connectivity index (χ1v) is 15.7. The predicted molar refractivity (Wildman–Crippen MR) is 162 cm³/mol. The van der Waals surface area contributed by atoms with Crippen LogP contribution in [0, 0.1) is 5.92 Å². The highest BCUT2D eigenvalue weighted by atomic mass is 79.9. The molecule has 7 heteroatoms. The zero-order valence-corrected chi connectivity index (χ0v) is 24.9. The van der Waals surface area contributed by atoms with Crippen molar-refractivity contribution >= 4 is 56.0 Å². The number of carbonyl (C=O) groups excluding carboxylic acids is 1. The molecule has 1 atom stereocenters. The summed E-state index contributed by atoms with van der Waals surface area (Å²) in [4.78, 5) is 19.9. The molecule has 38 heavy (non-hydrogen) atoms. The third-order valence-electron chi connectivity index (χ3n) is 7.73. The summed E-state index contributed by atoms with van der Waals surface area (Å²) >= 11 is 11.6. The molecule has 1 unspecified atom stereocenters. The maximum Gasteiger partial charge on any atom is 0.254 e. The minimum Gasteiger partial charge on any atom is -0.488 e. The van der Waals surface area contributed by atoms with E-state index in [-0.39, 0.29) is 11.9 Å². The largest absolute Gasteiger partial charge is 0.488 e. The SMILES string of the molecule is CCC1CCc2c(sc(N=Cc3cc(Br)ccc3OCc3ccccc3Cl)c2C(=O)NC2CCCCC2)C1. The van der Waals surface area contributed by atoms with E-state index in [9.17, 15) is 4.79 Å². The minimum atomic E-state index is 0.0425. The van der Waals surface area contributed by atoms with Crippen molar-refractivity contribution in [2.45, 2.75) is 77.4 Å². The summed E-state index contributed by atoms with van der Waals surface area (Å²) in [7, 11) is 0. The molecule has 1 aromatic heterocycles. The highest BCUT2D eigenvalue weighted by Crippen LogP contribution is 2.42. The average molecular weight is 614 g/mol. The number of ether oxygens (including phenoxy) is 1. The van der Waals surface area contributed by atoms with E-state index in [1.807, 2.05) is 48.7 Å². The third kappa shape index (κ3) is 6.52. The second-order valence-electron chi connectivity index (χ2n) is 10.3. The van der Waals surface area contributed by atoms with Crippen LogP contribution in [0.1, 0.15) is 83.8 Å². The van der Waals surface area contributed by atoms with E-state index in [2.05, 4.69) is 28.2 Å². The van der Waals surface area contributed by atoms with Gasteiger partial charge in [0.1, 0.15) is 17.4 Å². The highest BCUT2D eigenvalue weighted by Gasteiger charge is 2.29. The molecule has 200 valence electrons. The van der Waals surface area contributed by atoms with Gasteiger partial charge in [-0.2, -0.15) is 0 Å². The number of halogens is 2. The Kier molecular flexibility index (Phi) is 9.24. The number of aliphatic imine (C=N–C) groups is 1. The van der Waals surface area contributed by atoms with Gasteiger partial charge in [0.15, 0.2) is 0 Å². The van der Waals surface area contributed by atoms with E-state index in [4.69, 9.17) is 21.3 Å². The van der Waals surface area contributed by atoms with Crippen LogP contribution >= 0.6 is 38.9 Å². The number of carbonyl (C=O) groups is 1. The summed E-state index contributed by atoms with van der Waals surface area (Å²) < 4.78 is 7.10. The Labute approximate surface area is 243 Å². The zero-order valence-electron chi connectivity index (χ0n) is 21.8. The number of rotatable bonds is 8. The minimum absolute atomic E-state index is 0.0425. The van der Waals surface area contributed by atoms with Gasteiger partial charge in [-0.3, -0.25) is 4.79 Å². The number of fused-ring (bicyclic) bond motifs is 1. The second kappa shape index (κ2) is 12.8. The summed E-state index contributed by atoms with van der Waals surface area (Å²) in [6.07, 6.45) is 11.9. The van der Waals surface area contributed by atoms with Crippen LogP contribution in [0.4, 0.5) is 5.00 Å². The van der Waals surface area contributed by atoms with Gasteiger partial charge in [-0.1, -0.05) is 78.3 Å². The van der Waals surface area contributed by atoms with E-state index in [0.29, 0.717) is 17.5 Å². The van der Waals surface area contributed by atoms with Crippen LogP contribution in [0.3, 0.4) is 0 Å². The van der Waals surface area contributed by atoms with Crippen molar-refractivity contribution in [1.82, 2.24) is 5.32 Å². The fourth-order valence-electron chi connectivity index (χ4n) is 5.47. The van der Waals surface area contributed by atoms with E-state index in [1.54, 1.807) is 11.3 Å². The van der Waals surface area contributed by atoms with Crippen LogP contribution in [-0.4, -0.2) is 18.2 Å². The van der Waals surface area contributed by atoms with Crippen molar-refractivity contribution in [2.75, 3.05) is 0 Å². The Hall–Kier alpha value is -2.15. The summed E-state index contributed by atoms with van der Waals surface area (Å²) in [5, 5.41) is 4.83. The second-order valence-corrected chi connectivity index (χ2v) is 12.7. The number of amides is 1. The van der Waals surface area contributed by atoms with Gasteiger partial charge in [-0.15, -0.1) is 11.3 Å². The molecule has 1 heterocycles. The van der Waals surface area contributed by atoms with Crippen LogP contribution in [-0.2, 0) is 19.4 Å². The molecular formula is C31H34BrClN2O2S. The lowest BCUT2D eigenvalue weighted by atomic mass is 9.85. The average Bonchev–Trinajstić information content (AvgIpc) is 3.30. The van der Waals surface area contributed by atoms with Crippen LogP contribution in [0.25, 0.3) is 0 Å². The molecule has 5 rings (SSSR count). The zero-order chi connectivity index (χ0) is 26.5. The number of benzene rings is 2. The van der Waals surface area contributed by atoms with Crippen molar-refractivity contribution in [2.24, 2.45) is 10.9 Å². The lowest BCUT2D eigenvalue weighted by Crippen LogP contribution is -2.36. The molecule has 2 aromatic carbocycles. The van der Waals surface area contributed by atoms with E-state index in [0.717, 1.165) is 64.0 Å². The molecule has 0 saturated heterocycles. The normalized spacial score (nSPS) is 17.9. The molecule has 4 nitrogen and oxygen atoms in total. The molecule has 0 aliphatic heterocycles. The molecular weight excluding hydrogens is 580 g/mol. The first-order valence-electron chi connectivity index (χ1n) is 13.7. The first kappa shape index (κ1) is 27.4. The molecule has 0 spiro atoms. The summed E-state index contributed by atoms with van der Waals surface area (Å²) in [5.74, 6) is 1.44. The Balaban J connectivity index is 1.43. The molecule has 1 amide bonds. The molecule has 1 fully saturated rings. The molecule has 3 aromatic rings. The summed E-state index contributed by atoms with van der Waals surface area (Å²) in [5.41, 5.74) is 3.78. The lowest BCUT2D eigenvalue weighted by Gasteiger charge is -2.24. The van der Waals surface area contributed by atoms with Crippen molar-refractivity contribution in [3.63, 3.8) is 0 Å². The maximum absolute atomic E-state index is 13.6. The Morgan fingerprint density at radius 3 is 2.79 bits per heavy atom. The third-order valence-corrected chi connectivity index (χ3v) is 9.75. The predicted octanol–water partition coefficient (Wildman–Crippen LogP) is 9.07. The number of nitrogens with zero attached hydrogens (tertiary/aromatic N) is 1. The van der Waals surface area contributed by atoms with Gasteiger partial charge in [0.25, 0.3) is 5.91 Å².